The predicted octanol–water partition coefficient (Wildman–Crippen LogP) is 4.06. The van der Waals surface area contributed by atoms with Gasteiger partial charge in [-0.05, 0) is 81.1 Å². The van der Waals surface area contributed by atoms with Gasteiger partial charge in [0.15, 0.2) is 6.29 Å². The zero-order chi connectivity index (χ0) is 27.2. The molecule has 0 aromatic rings. The van der Waals surface area contributed by atoms with Crippen molar-refractivity contribution in [2.24, 2.45) is 28.6 Å². The van der Waals surface area contributed by atoms with E-state index in [1.807, 2.05) is 6.92 Å². The van der Waals surface area contributed by atoms with E-state index in [0.717, 1.165) is 50.5 Å². The standard InChI is InChI=1S/C30H46O8/c1-17-28(34)24(35-4)15-27(37-17)38-20-9-11-29(2)19(14-20)5-7-23(31)22(29)10-12-30(3)21(6-8-25(30)32)18-13-26(33)36-16-18/h16-17,19-22,24-25,27-28,32,34H,5-15H2,1-4H3/t17-,19-,20+,21-,22+,24-,25+,27+,28+,29+,30-/m1/s1. The van der Waals surface area contributed by atoms with Gasteiger partial charge in [0.25, 0.3) is 0 Å². The van der Waals surface area contributed by atoms with Gasteiger partial charge in [-0.25, -0.2) is 0 Å². The van der Waals surface area contributed by atoms with E-state index in [1.165, 1.54) is 0 Å². The minimum Gasteiger partial charge on any atom is -0.434 e. The van der Waals surface area contributed by atoms with Gasteiger partial charge in [-0.2, -0.15) is 0 Å². The summed E-state index contributed by atoms with van der Waals surface area (Å²) in [5, 5.41) is 21.3. The van der Waals surface area contributed by atoms with Crippen LogP contribution in [0.1, 0.15) is 91.4 Å². The molecule has 38 heavy (non-hydrogen) atoms. The molecular weight excluding hydrogens is 488 g/mol. The number of carbonyl (C=O) groups excluding carboxylic acids is 2. The molecule has 3 aliphatic carbocycles. The normalized spacial score (nSPS) is 47.5. The molecule has 214 valence electrons. The van der Waals surface area contributed by atoms with E-state index in [0.29, 0.717) is 37.4 Å². The third kappa shape index (κ3) is 5.12. The van der Waals surface area contributed by atoms with E-state index >= 15 is 0 Å². The average Bonchev–Trinajstić information content (AvgIpc) is 3.43. The smallest absolute Gasteiger partial charge is 0.314 e. The van der Waals surface area contributed by atoms with Gasteiger partial charge >= 0.3 is 5.97 Å². The highest BCUT2D eigenvalue weighted by molar-refractivity contribution is 5.82. The SMILES string of the molecule is CO[C@@H]1C[C@H](O[C@H]2CC[C@@]3(C)[C@H](CCC(=O)[C@@H]3CC[C@]3(C)[C@@H](C4=COC(=O)C4)CC[C@@H]3O)C2)O[C@H](C)[C@@H]1O. The maximum absolute atomic E-state index is 13.3. The van der Waals surface area contributed by atoms with Crippen LogP contribution in [0.4, 0.5) is 0 Å². The topological polar surface area (TPSA) is 112 Å². The fourth-order valence-electron chi connectivity index (χ4n) is 8.52. The van der Waals surface area contributed by atoms with Gasteiger partial charge in [0.05, 0.1) is 37.1 Å². The van der Waals surface area contributed by atoms with E-state index in [-0.39, 0.29) is 46.9 Å². The summed E-state index contributed by atoms with van der Waals surface area (Å²) in [5.74, 6) is 0.622. The van der Waals surface area contributed by atoms with E-state index in [9.17, 15) is 19.8 Å². The number of methoxy groups -OCH3 is 1. The molecule has 8 nitrogen and oxygen atoms in total. The minimum absolute atomic E-state index is 0.0260. The van der Waals surface area contributed by atoms with Crippen LogP contribution in [0.3, 0.4) is 0 Å². The zero-order valence-corrected chi connectivity index (χ0v) is 23.4. The molecule has 11 atom stereocenters. The Bertz CT molecular complexity index is 933. The van der Waals surface area contributed by atoms with E-state index in [4.69, 9.17) is 18.9 Å². The second-order valence-corrected chi connectivity index (χ2v) is 13.1. The lowest BCUT2D eigenvalue weighted by atomic mass is 9.53. The van der Waals surface area contributed by atoms with Crippen LogP contribution in [-0.4, -0.2) is 65.9 Å². The van der Waals surface area contributed by atoms with Crippen LogP contribution in [0.2, 0.25) is 0 Å². The van der Waals surface area contributed by atoms with Gasteiger partial charge in [-0.1, -0.05) is 13.8 Å². The molecule has 2 aliphatic heterocycles. The van der Waals surface area contributed by atoms with E-state index in [1.54, 1.807) is 13.4 Å². The summed E-state index contributed by atoms with van der Waals surface area (Å²) in [4.78, 5) is 25.1. The van der Waals surface area contributed by atoms with Crippen LogP contribution in [0, 0.1) is 28.6 Å². The Hall–Kier alpha value is -1.32. The van der Waals surface area contributed by atoms with Crippen LogP contribution in [0.5, 0.6) is 0 Å². The molecular formula is C30H46O8. The van der Waals surface area contributed by atoms with Crippen molar-refractivity contribution in [3.05, 3.63) is 11.8 Å². The number of ether oxygens (including phenoxy) is 4. The third-order valence-corrected chi connectivity index (χ3v) is 11.1. The lowest BCUT2D eigenvalue weighted by Gasteiger charge is -2.52. The molecule has 0 bridgehead atoms. The predicted molar refractivity (Wildman–Crippen MR) is 139 cm³/mol. The first-order chi connectivity index (χ1) is 18.0. The molecule has 8 heteroatoms. The largest absolute Gasteiger partial charge is 0.434 e. The molecule has 0 unspecified atom stereocenters. The van der Waals surface area contributed by atoms with Crippen LogP contribution < -0.4 is 0 Å². The molecule has 0 amide bonds. The zero-order valence-electron chi connectivity index (χ0n) is 23.4. The van der Waals surface area contributed by atoms with Gasteiger partial charge in [-0.3, -0.25) is 9.59 Å². The lowest BCUT2D eigenvalue weighted by Crippen LogP contribution is -2.52. The second-order valence-electron chi connectivity index (χ2n) is 13.1. The Morgan fingerprint density at radius 2 is 1.89 bits per heavy atom. The molecule has 0 aromatic heterocycles. The molecule has 4 fully saturated rings. The molecule has 0 aromatic carbocycles. The van der Waals surface area contributed by atoms with Crippen molar-refractivity contribution >= 4 is 11.8 Å². The number of Topliss-reactive ketones (excluding diaryl/α,β-unsaturated/α-hetero) is 1. The fraction of sp³-hybridized carbons (Fsp3) is 0.867. The van der Waals surface area contributed by atoms with Gasteiger partial charge in [-0.15, -0.1) is 0 Å². The monoisotopic (exact) mass is 534 g/mol. The van der Waals surface area contributed by atoms with Crippen molar-refractivity contribution in [1.82, 2.24) is 0 Å². The third-order valence-electron chi connectivity index (χ3n) is 11.1. The van der Waals surface area contributed by atoms with E-state index < -0.39 is 18.5 Å². The highest BCUT2D eigenvalue weighted by atomic mass is 16.7. The Balaban J connectivity index is 1.23. The van der Waals surface area contributed by atoms with Crippen molar-refractivity contribution in [2.45, 2.75) is 128 Å². The maximum atomic E-state index is 13.3. The van der Waals surface area contributed by atoms with Gasteiger partial charge in [0, 0.05) is 31.3 Å². The number of fused-ring (bicyclic) bond motifs is 1. The summed E-state index contributed by atoms with van der Waals surface area (Å²) in [6.45, 7) is 6.27. The molecule has 3 saturated carbocycles. The Morgan fingerprint density at radius 1 is 1.11 bits per heavy atom. The number of rotatable bonds is 7. The van der Waals surface area contributed by atoms with Crippen molar-refractivity contribution in [1.29, 1.82) is 0 Å². The van der Waals surface area contributed by atoms with Gasteiger partial charge in [0.1, 0.15) is 11.9 Å². The molecule has 2 N–H and O–H groups in total. The number of aliphatic hydroxyl groups excluding tert-OH is 2. The summed E-state index contributed by atoms with van der Waals surface area (Å²) >= 11 is 0. The van der Waals surface area contributed by atoms with Crippen LogP contribution in [-0.2, 0) is 28.5 Å². The minimum atomic E-state index is -0.655. The summed E-state index contributed by atoms with van der Waals surface area (Å²) in [5.41, 5.74) is 0.553. The van der Waals surface area contributed by atoms with Crippen molar-refractivity contribution in [3.63, 3.8) is 0 Å². The first-order valence-electron chi connectivity index (χ1n) is 14.7. The number of hydrogen-bond donors (Lipinski definition) is 2. The van der Waals surface area contributed by atoms with Gasteiger partial charge < -0.3 is 29.2 Å². The molecule has 2 heterocycles. The first kappa shape index (κ1) is 28.2. The summed E-state index contributed by atoms with van der Waals surface area (Å²) in [6.07, 6.45) is 7.64. The lowest BCUT2D eigenvalue weighted by molar-refractivity contribution is -0.269. The quantitative estimate of drug-likeness (QED) is 0.372. The van der Waals surface area contributed by atoms with Crippen molar-refractivity contribution < 1.29 is 38.7 Å². The number of aliphatic hydroxyl groups is 2. The first-order valence-corrected chi connectivity index (χ1v) is 14.7. The number of carbonyl (C=O) groups is 2. The van der Waals surface area contributed by atoms with Gasteiger partial charge in [0.2, 0.25) is 0 Å². The van der Waals surface area contributed by atoms with Crippen LogP contribution >= 0.6 is 0 Å². The van der Waals surface area contributed by atoms with E-state index in [2.05, 4.69) is 13.8 Å². The Kier molecular flexibility index (Phi) is 8.11. The highest BCUT2D eigenvalue weighted by Gasteiger charge is 2.53. The Labute approximate surface area is 226 Å². The van der Waals surface area contributed by atoms with Crippen LogP contribution in [0.15, 0.2) is 11.8 Å². The fourth-order valence-corrected chi connectivity index (χ4v) is 8.52. The number of cyclic esters (lactones) is 1. The van der Waals surface area contributed by atoms with Crippen molar-refractivity contribution in [2.75, 3.05) is 7.11 Å². The Morgan fingerprint density at radius 3 is 2.61 bits per heavy atom. The number of ketones is 1. The maximum Gasteiger partial charge on any atom is 0.314 e. The summed E-state index contributed by atoms with van der Waals surface area (Å²) in [7, 11) is 1.61. The summed E-state index contributed by atoms with van der Waals surface area (Å²) in [6, 6.07) is 0. The highest BCUT2D eigenvalue weighted by Crippen LogP contribution is 2.57. The second kappa shape index (κ2) is 10.9. The summed E-state index contributed by atoms with van der Waals surface area (Å²) < 4.78 is 22.9. The van der Waals surface area contributed by atoms with Crippen molar-refractivity contribution in [3.8, 4) is 0 Å². The number of esters is 1. The molecule has 5 rings (SSSR count). The molecule has 1 saturated heterocycles. The molecule has 0 radical (unpaired) electrons. The molecule has 5 aliphatic rings. The molecule has 0 spiro atoms. The van der Waals surface area contributed by atoms with Crippen LogP contribution in [0.25, 0.3) is 0 Å². The number of hydrogen-bond acceptors (Lipinski definition) is 8. The average molecular weight is 535 g/mol.